The monoisotopic (exact) mass is 266 g/mol. The molecule has 0 unspecified atom stereocenters. The number of nitrogens with zero attached hydrogens (tertiary/aromatic N) is 2. The molecule has 0 aromatic heterocycles. The van der Waals surface area contributed by atoms with Crippen molar-refractivity contribution in [3.63, 3.8) is 0 Å². The minimum atomic E-state index is 0.185. The molecule has 4 heteroatoms. The summed E-state index contributed by atoms with van der Waals surface area (Å²) in [6.07, 6.45) is 1.01. The van der Waals surface area contributed by atoms with Gasteiger partial charge in [0.2, 0.25) is 5.91 Å². The Kier molecular flexibility index (Phi) is 4.61. The van der Waals surface area contributed by atoms with Crippen molar-refractivity contribution in [3.8, 4) is 0 Å². The Morgan fingerprint density at radius 2 is 2.00 bits per heavy atom. The first-order valence-electron chi connectivity index (χ1n) is 6.37. The number of piperazine rings is 1. The third kappa shape index (κ3) is 3.72. The normalized spacial score (nSPS) is 16.9. The smallest absolute Gasteiger partial charge is 0.219 e. The molecule has 1 aliphatic rings. The Morgan fingerprint density at radius 1 is 1.28 bits per heavy atom. The second-order valence-electron chi connectivity index (χ2n) is 4.73. The van der Waals surface area contributed by atoms with Crippen LogP contribution in [0.2, 0.25) is 5.02 Å². The highest BCUT2D eigenvalue weighted by Crippen LogP contribution is 2.12. The maximum Gasteiger partial charge on any atom is 0.219 e. The lowest BCUT2D eigenvalue weighted by atomic mass is 10.1. The van der Waals surface area contributed by atoms with Gasteiger partial charge < -0.3 is 4.90 Å². The highest BCUT2D eigenvalue weighted by Gasteiger charge is 2.17. The lowest BCUT2D eigenvalue weighted by molar-refractivity contribution is -0.130. The van der Waals surface area contributed by atoms with E-state index in [2.05, 4.69) is 11.0 Å². The minimum Gasteiger partial charge on any atom is -0.340 e. The highest BCUT2D eigenvalue weighted by atomic mass is 35.5. The summed E-state index contributed by atoms with van der Waals surface area (Å²) in [6, 6.07) is 8.02. The molecule has 1 fully saturated rings. The van der Waals surface area contributed by atoms with E-state index in [1.54, 1.807) is 6.92 Å². The molecule has 1 aliphatic heterocycles. The summed E-state index contributed by atoms with van der Waals surface area (Å²) >= 11 is 5.96. The molecule has 1 amide bonds. The van der Waals surface area contributed by atoms with E-state index in [-0.39, 0.29) is 5.91 Å². The Bertz CT molecular complexity index is 414. The van der Waals surface area contributed by atoms with E-state index in [0.29, 0.717) is 0 Å². The van der Waals surface area contributed by atoms with Crippen LogP contribution in [0.1, 0.15) is 12.5 Å². The van der Waals surface area contributed by atoms with Gasteiger partial charge in [-0.15, -0.1) is 0 Å². The maximum absolute atomic E-state index is 11.2. The molecule has 98 valence electrons. The standard InChI is InChI=1S/C14H19ClN2O/c1-12(18)17-9-7-16(8-10-17)6-5-13-3-2-4-14(15)11-13/h2-4,11H,5-10H2,1H3. The third-order valence-corrected chi connectivity index (χ3v) is 3.66. The van der Waals surface area contributed by atoms with Gasteiger partial charge in [-0.05, 0) is 24.1 Å². The summed E-state index contributed by atoms with van der Waals surface area (Å²) in [5.41, 5.74) is 1.27. The molecule has 1 heterocycles. The van der Waals surface area contributed by atoms with Gasteiger partial charge in [-0.3, -0.25) is 9.69 Å². The van der Waals surface area contributed by atoms with Crippen molar-refractivity contribution in [3.05, 3.63) is 34.9 Å². The van der Waals surface area contributed by atoms with Crippen molar-refractivity contribution in [1.29, 1.82) is 0 Å². The second kappa shape index (κ2) is 6.21. The summed E-state index contributed by atoms with van der Waals surface area (Å²) in [5.74, 6) is 0.185. The van der Waals surface area contributed by atoms with Gasteiger partial charge in [0.05, 0.1) is 0 Å². The van der Waals surface area contributed by atoms with E-state index in [4.69, 9.17) is 11.6 Å². The summed E-state index contributed by atoms with van der Waals surface area (Å²) < 4.78 is 0. The molecule has 1 saturated heterocycles. The number of carbonyl (C=O) groups is 1. The molecule has 0 aliphatic carbocycles. The number of benzene rings is 1. The molecule has 2 rings (SSSR count). The summed E-state index contributed by atoms with van der Waals surface area (Å²) in [7, 11) is 0. The van der Waals surface area contributed by atoms with Gasteiger partial charge >= 0.3 is 0 Å². The van der Waals surface area contributed by atoms with Crippen LogP contribution in [0.15, 0.2) is 24.3 Å². The molecule has 1 aromatic rings. The zero-order valence-corrected chi connectivity index (χ0v) is 11.5. The fraction of sp³-hybridized carbons (Fsp3) is 0.500. The molecule has 1 aromatic carbocycles. The van der Waals surface area contributed by atoms with Crippen molar-refractivity contribution in [2.24, 2.45) is 0 Å². The highest BCUT2D eigenvalue weighted by molar-refractivity contribution is 6.30. The number of halogens is 1. The molecule has 3 nitrogen and oxygen atoms in total. The summed E-state index contributed by atoms with van der Waals surface area (Å²) in [5, 5.41) is 0.800. The van der Waals surface area contributed by atoms with Crippen LogP contribution in [-0.4, -0.2) is 48.4 Å². The zero-order chi connectivity index (χ0) is 13.0. The molecular weight excluding hydrogens is 248 g/mol. The Labute approximate surface area is 113 Å². The average Bonchev–Trinajstić information content (AvgIpc) is 2.37. The number of hydrogen-bond donors (Lipinski definition) is 0. The largest absolute Gasteiger partial charge is 0.340 e. The topological polar surface area (TPSA) is 23.6 Å². The average molecular weight is 267 g/mol. The van der Waals surface area contributed by atoms with Gasteiger partial charge in [-0.25, -0.2) is 0 Å². The third-order valence-electron chi connectivity index (χ3n) is 3.42. The first kappa shape index (κ1) is 13.4. The second-order valence-corrected chi connectivity index (χ2v) is 5.16. The van der Waals surface area contributed by atoms with Gasteiger partial charge in [0, 0.05) is 44.7 Å². The van der Waals surface area contributed by atoms with E-state index in [9.17, 15) is 4.79 Å². The van der Waals surface area contributed by atoms with Crippen LogP contribution in [0.3, 0.4) is 0 Å². The van der Waals surface area contributed by atoms with E-state index in [1.165, 1.54) is 5.56 Å². The minimum absolute atomic E-state index is 0.185. The first-order valence-corrected chi connectivity index (χ1v) is 6.75. The van der Waals surface area contributed by atoms with Crippen molar-refractivity contribution in [1.82, 2.24) is 9.80 Å². The SMILES string of the molecule is CC(=O)N1CCN(CCc2cccc(Cl)c2)CC1. The van der Waals surface area contributed by atoms with E-state index < -0.39 is 0 Å². The van der Waals surface area contributed by atoms with Crippen molar-refractivity contribution in [2.75, 3.05) is 32.7 Å². The number of amides is 1. The van der Waals surface area contributed by atoms with Crippen molar-refractivity contribution >= 4 is 17.5 Å². The van der Waals surface area contributed by atoms with Gasteiger partial charge in [-0.2, -0.15) is 0 Å². The lowest BCUT2D eigenvalue weighted by Gasteiger charge is -2.34. The predicted molar refractivity (Wildman–Crippen MR) is 73.9 cm³/mol. The van der Waals surface area contributed by atoms with Crippen molar-refractivity contribution in [2.45, 2.75) is 13.3 Å². The molecule has 0 N–H and O–H groups in total. The maximum atomic E-state index is 11.2. The zero-order valence-electron chi connectivity index (χ0n) is 10.7. The van der Waals surface area contributed by atoms with Crippen LogP contribution >= 0.6 is 11.6 Å². The van der Waals surface area contributed by atoms with E-state index >= 15 is 0 Å². The molecule has 0 bridgehead atoms. The predicted octanol–water partition coefficient (Wildman–Crippen LogP) is 2.05. The fourth-order valence-electron chi connectivity index (χ4n) is 2.27. The van der Waals surface area contributed by atoms with Gasteiger partial charge in [0.1, 0.15) is 0 Å². The number of rotatable bonds is 3. The molecule has 0 saturated carbocycles. The molecule has 0 spiro atoms. The van der Waals surface area contributed by atoms with Crippen molar-refractivity contribution < 1.29 is 4.79 Å². The Hall–Kier alpha value is -1.06. The van der Waals surface area contributed by atoms with Crippen LogP contribution in [0.25, 0.3) is 0 Å². The van der Waals surface area contributed by atoms with E-state index in [1.807, 2.05) is 23.1 Å². The lowest BCUT2D eigenvalue weighted by Crippen LogP contribution is -2.48. The van der Waals surface area contributed by atoms with Crippen LogP contribution in [0, 0.1) is 0 Å². The van der Waals surface area contributed by atoms with Crippen LogP contribution < -0.4 is 0 Å². The Balaban J connectivity index is 1.77. The molecule has 0 radical (unpaired) electrons. The first-order chi connectivity index (χ1) is 8.65. The van der Waals surface area contributed by atoms with Gasteiger partial charge in [0.15, 0.2) is 0 Å². The Morgan fingerprint density at radius 3 is 2.61 bits per heavy atom. The fourth-order valence-corrected chi connectivity index (χ4v) is 2.48. The quantitative estimate of drug-likeness (QED) is 0.836. The van der Waals surface area contributed by atoms with Crippen LogP contribution in [0.4, 0.5) is 0 Å². The number of carbonyl (C=O) groups excluding carboxylic acids is 1. The summed E-state index contributed by atoms with van der Waals surface area (Å²) in [6.45, 7) is 6.32. The van der Waals surface area contributed by atoms with Gasteiger partial charge in [-0.1, -0.05) is 23.7 Å². The van der Waals surface area contributed by atoms with Crippen LogP contribution in [0.5, 0.6) is 0 Å². The molecule has 18 heavy (non-hydrogen) atoms. The number of hydrogen-bond acceptors (Lipinski definition) is 2. The summed E-state index contributed by atoms with van der Waals surface area (Å²) in [4.78, 5) is 15.5. The molecule has 0 atom stereocenters. The van der Waals surface area contributed by atoms with Gasteiger partial charge in [0.25, 0.3) is 0 Å². The van der Waals surface area contributed by atoms with Crippen LogP contribution in [-0.2, 0) is 11.2 Å². The molecular formula is C14H19ClN2O. The van der Waals surface area contributed by atoms with E-state index in [0.717, 1.165) is 44.2 Å².